The fourth-order valence-electron chi connectivity index (χ4n) is 2.16. The summed E-state index contributed by atoms with van der Waals surface area (Å²) in [6.07, 6.45) is 0. The van der Waals surface area contributed by atoms with Gasteiger partial charge in [0.05, 0.1) is 5.69 Å². The van der Waals surface area contributed by atoms with Crippen LogP contribution in [0.2, 0.25) is 0 Å². The van der Waals surface area contributed by atoms with Gasteiger partial charge in [-0.05, 0) is 36.4 Å². The number of carbonyl (C=O) groups is 1. The third-order valence-corrected chi connectivity index (χ3v) is 4.48. The first-order valence-electron chi connectivity index (χ1n) is 8.21. The van der Waals surface area contributed by atoms with Crippen molar-refractivity contribution in [2.75, 3.05) is 10.6 Å². The fraction of sp³-hybridized carbons (Fsp3) is 0.200. The molecule has 2 aromatic carbocycles. The van der Waals surface area contributed by atoms with Gasteiger partial charge in [-0.15, -0.1) is 11.3 Å². The van der Waals surface area contributed by atoms with Crippen LogP contribution >= 0.6 is 11.3 Å². The van der Waals surface area contributed by atoms with E-state index in [9.17, 15) is 9.18 Å². The van der Waals surface area contributed by atoms with Crippen molar-refractivity contribution < 1.29 is 9.18 Å². The molecule has 4 nitrogen and oxygen atoms in total. The number of nitrogens with zero attached hydrogens (tertiary/aromatic N) is 1. The van der Waals surface area contributed by atoms with E-state index in [1.165, 1.54) is 23.5 Å². The number of hydrogen-bond acceptors (Lipinski definition) is 4. The van der Waals surface area contributed by atoms with Crippen molar-refractivity contribution in [1.82, 2.24) is 4.98 Å². The van der Waals surface area contributed by atoms with E-state index >= 15 is 0 Å². The van der Waals surface area contributed by atoms with Crippen LogP contribution in [0.3, 0.4) is 0 Å². The lowest BCUT2D eigenvalue weighted by Crippen LogP contribution is -2.27. The van der Waals surface area contributed by atoms with E-state index in [4.69, 9.17) is 0 Å². The number of aromatic nitrogens is 1. The number of hydrogen-bond donors (Lipinski definition) is 2. The van der Waals surface area contributed by atoms with E-state index in [1.807, 2.05) is 50.4 Å². The first-order chi connectivity index (χ1) is 12.3. The molecule has 2 N–H and O–H groups in total. The molecule has 1 aromatic heterocycles. The average molecular weight is 369 g/mol. The van der Waals surface area contributed by atoms with Gasteiger partial charge in [0.2, 0.25) is 5.91 Å². The number of rotatable bonds is 4. The van der Waals surface area contributed by atoms with Crippen molar-refractivity contribution in [2.24, 2.45) is 5.41 Å². The van der Waals surface area contributed by atoms with Crippen molar-refractivity contribution in [2.45, 2.75) is 20.8 Å². The minimum atomic E-state index is -0.436. The molecule has 6 heteroatoms. The zero-order valence-corrected chi connectivity index (χ0v) is 15.7. The zero-order valence-electron chi connectivity index (χ0n) is 14.8. The summed E-state index contributed by atoms with van der Waals surface area (Å²) in [7, 11) is 0. The van der Waals surface area contributed by atoms with Crippen LogP contribution in [0.15, 0.2) is 53.9 Å². The summed E-state index contributed by atoms with van der Waals surface area (Å²) in [5.41, 5.74) is 2.91. The standard InChI is InChI=1S/C20H20FN3OS/c1-20(2,3)18(25)22-15-8-4-13(5-9-15)17-12-26-19(24-17)23-16-10-6-14(21)7-11-16/h4-12H,1-3H3,(H,22,25)(H,23,24). The van der Waals surface area contributed by atoms with Crippen molar-refractivity contribution in [1.29, 1.82) is 0 Å². The van der Waals surface area contributed by atoms with Crippen LogP contribution in [0.1, 0.15) is 20.8 Å². The second kappa shape index (κ2) is 7.25. The maximum atomic E-state index is 13.0. The number of amides is 1. The van der Waals surface area contributed by atoms with Gasteiger partial charge in [0, 0.05) is 27.7 Å². The molecular formula is C20H20FN3OS. The van der Waals surface area contributed by atoms with Crippen LogP contribution in [-0.2, 0) is 4.79 Å². The van der Waals surface area contributed by atoms with Crippen LogP contribution in [0, 0.1) is 11.2 Å². The topological polar surface area (TPSA) is 54.0 Å². The third kappa shape index (κ3) is 4.46. The number of nitrogens with one attached hydrogen (secondary N) is 2. The SMILES string of the molecule is CC(C)(C)C(=O)Nc1ccc(-c2csc(Nc3ccc(F)cc3)n2)cc1. The Morgan fingerprint density at radius 3 is 2.23 bits per heavy atom. The Morgan fingerprint density at radius 2 is 1.62 bits per heavy atom. The summed E-state index contributed by atoms with van der Waals surface area (Å²) in [5.74, 6) is -0.293. The van der Waals surface area contributed by atoms with Crippen LogP contribution in [0.4, 0.5) is 20.9 Å². The van der Waals surface area contributed by atoms with Gasteiger partial charge in [-0.25, -0.2) is 9.37 Å². The molecule has 0 aliphatic heterocycles. The molecule has 0 unspecified atom stereocenters. The number of anilines is 3. The highest BCUT2D eigenvalue weighted by molar-refractivity contribution is 7.14. The zero-order chi connectivity index (χ0) is 18.7. The molecule has 0 saturated heterocycles. The summed E-state index contributed by atoms with van der Waals surface area (Å²) in [4.78, 5) is 16.6. The van der Waals surface area contributed by atoms with Crippen LogP contribution < -0.4 is 10.6 Å². The van der Waals surface area contributed by atoms with Gasteiger partial charge in [-0.2, -0.15) is 0 Å². The van der Waals surface area contributed by atoms with Gasteiger partial charge in [-0.1, -0.05) is 32.9 Å². The van der Waals surface area contributed by atoms with E-state index in [1.54, 1.807) is 12.1 Å². The number of halogens is 1. The minimum absolute atomic E-state index is 0.0234. The van der Waals surface area contributed by atoms with Crippen LogP contribution in [0.5, 0.6) is 0 Å². The molecule has 0 spiro atoms. The molecule has 3 rings (SSSR count). The molecule has 1 amide bonds. The predicted octanol–water partition coefficient (Wildman–Crippen LogP) is 5.68. The second-order valence-corrected chi connectivity index (χ2v) is 7.81. The number of benzene rings is 2. The molecule has 0 saturated carbocycles. The first kappa shape index (κ1) is 18.1. The van der Waals surface area contributed by atoms with E-state index in [0.717, 1.165) is 27.8 Å². The summed E-state index contributed by atoms with van der Waals surface area (Å²) >= 11 is 1.48. The normalized spacial score (nSPS) is 11.2. The molecular weight excluding hydrogens is 349 g/mol. The first-order valence-corrected chi connectivity index (χ1v) is 9.09. The van der Waals surface area contributed by atoms with Gasteiger partial charge in [-0.3, -0.25) is 4.79 Å². The fourth-order valence-corrected chi connectivity index (χ4v) is 2.90. The van der Waals surface area contributed by atoms with Crippen molar-refractivity contribution in [3.8, 4) is 11.3 Å². The third-order valence-electron chi connectivity index (χ3n) is 3.72. The van der Waals surface area contributed by atoms with Gasteiger partial charge in [0.15, 0.2) is 5.13 Å². The molecule has 0 bridgehead atoms. The van der Waals surface area contributed by atoms with E-state index in [0.29, 0.717) is 0 Å². The Bertz CT molecular complexity index is 896. The Balaban J connectivity index is 1.69. The molecule has 0 aliphatic carbocycles. The Labute approximate surface area is 156 Å². The molecule has 0 radical (unpaired) electrons. The van der Waals surface area contributed by atoms with Gasteiger partial charge < -0.3 is 10.6 Å². The maximum absolute atomic E-state index is 13.0. The maximum Gasteiger partial charge on any atom is 0.229 e. The Kier molecular flexibility index (Phi) is 5.04. The Hall–Kier alpha value is -2.73. The summed E-state index contributed by atoms with van der Waals surface area (Å²) in [6.45, 7) is 5.63. The van der Waals surface area contributed by atoms with Crippen LogP contribution in [-0.4, -0.2) is 10.9 Å². The predicted molar refractivity (Wildman–Crippen MR) is 105 cm³/mol. The van der Waals surface area contributed by atoms with Gasteiger partial charge in [0.1, 0.15) is 5.82 Å². The van der Waals surface area contributed by atoms with Gasteiger partial charge in [0.25, 0.3) is 0 Å². The smallest absolute Gasteiger partial charge is 0.229 e. The van der Waals surface area contributed by atoms with Gasteiger partial charge >= 0.3 is 0 Å². The molecule has 3 aromatic rings. The average Bonchev–Trinajstić information content (AvgIpc) is 3.05. The molecule has 26 heavy (non-hydrogen) atoms. The lowest BCUT2D eigenvalue weighted by molar-refractivity contribution is -0.123. The minimum Gasteiger partial charge on any atom is -0.332 e. The van der Waals surface area contributed by atoms with Crippen molar-refractivity contribution in [3.63, 3.8) is 0 Å². The van der Waals surface area contributed by atoms with E-state index in [2.05, 4.69) is 15.6 Å². The monoisotopic (exact) mass is 369 g/mol. The molecule has 0 fully saturated rings. The van der Waals surface area contributed by atoms with E-state index in [-0.39, 0.29) is 11.7 Å². The highest BCUT2D eigenvalue weighted by Gasteiger charge is 2.21. The largest absolute Gasteiger partial charge is 0.332 e. The lowest BCUT2D eigenvalue weighted by Gasteiger charge is -2.17. The summed E-state index contributed by atoms with van der Waals surface area (Å²) in [6, 6.07) is 13.7. The summed E-state index contributed by atoms with van der Waals surface area (Å²) in [5, 5.41) is 8.75. The number of thiazole rings is 1. The summed E-state index contributed by atoms with van der Waals surface area (Å²) < 4.78 is 13.0. The molecule has 0 atom stereocenters. The molecule has 1 heterocycles. The lowest BCUT2D eigenvalue weighted by atomic mass is 9.95. The molecule has 0 aliphatic rings. The van der Waals surface area contributed by atoms with Crippen molar-refractivity contribution >= 4 is 33.8 Å². The number of carbonyl (C=O) groups excluding carboxylic acids is 1. The highest BCUT2D eigenvalue weighted by atomic mass is 32.1. The van der Waals surface area contributed by atoms with Crippen LogP contribution in [0.25, 0.3) is 11.3 Å². The molecule has 134 valence electrons. The Morgan fingerprint density at radius 1 is 1.00 bits per heavy atom. The second-order valence-electron chi connectivity index (χ2n) is 6.95. The quantitative estimate of drug-likeness (QED) is 0.622. The highest BCUT2D eigenvalue weighted by Crippen LogP contribution is 2.28. The van der Waals surface area contributed by atoms with E-state index < -0.39 is 5.41 Å². The van der Waals surface area contributed by atoms with Crippen molar-refractivity contribution in [3.05, 3.63) is 59.7 Å².